The summed E-state index contributed by atoms with van der Waals surface area (Å²) in [6.45, 7) is 6.97. The van der Waals surface area contributed by atoms with Crippen LogP contribution in [0.1, 0.15) is 40.0 Å². The van der Waals surface area contributed by atoms with Crippen molar-refractivity contribution >= 4 is 15.9 Å². The first kappa shape index (κ1) is 12.2. The number of allylic oxidation sites excluding steroid dienone is 1. The van der Waals surface area contributed by atoms with E-state index in [1.165, 1.54) is 0 Å². The molecule has 1 heterocycles. The molecular weight excluding hydrogens is 244 g/mol. The summed E-state index contributed by atoms with van der Waals surface area (Å²) in [5.74, 6) is -0.307. The van der Waals surface area contributed by atoms with Gasteiger partial charge in [-0.1, -0.05) is 35.9 Å². The minimum atomic E-state index is -0.307. The summed E-state index contributed by atoms with van der Waals surface area (Å²) in [5, 5.41) is 0. The van der Waals surface area contributed by atoms with Crippen LogP contribution in [0.5, 0.6) is 0 Å². The Hall–Kier alpha value is 0.140. The van der Waals surface area contributed by atoms with Gasteiger partial charge in [-0.15, -0.1) is 0 Å². The summed E-state index contributed by atoms with van der Waals surface area (Å²) in [6, 6.07) is 0. The third-order valence-corrected chi connectivity index (χ3v) is 2.98. The molecule has 3 heteroatoms. The molecule has 14 heavy (non-hydrogen) atoms. The highest BCUT2D eigenvalue weighted by molar-refractivity contribution is 9.11. The molecule has 1 saturated heterocycles. The normalized spacial score (nSPS) is 26.9. The summed E-state index contributed by atoms with van der Waals surface area (Å²) in [6.07, 6.45) is 5.14. The van der Waals surface area contributed by atoms with E-state index in [4.69, 9.17) is 9.47 Å². The molecule has 0 saturated carbocycles. The molecule has 1 atom stereocenters. The average molecular weight is 263 g/mol. The highest BCUT2D eigenvalue weighted by atomic mass is 79.9. The van der Waals surface area contributed by atoms with Crippen LogP contribution in [0.2, 0.25) is 0 Å². The number of hydrogen-bond acceptors (Lipinski definition) is 2. The molecule has 0 unspecified atom stereocenters. The molecule has 1 fully saturated rings. The Bertz CT molecular complexity index is 205. The van der Waals surface area contributed by atoms with Crippen LogP contribution in [-0.4, -0.2) is 18.5 Å². The van der Waals surface area contributed by atoms with Gasteiger partial charge >= 0.3 is 0 Å². The summed E-state index contributed by atoms with van der Waals surface area (Å²) < 4.78 is 12.8. The molecule has 1 aliphatic rings. The predicted molar refractivity (Wildman–Crippen MR) is 61.4 cm³/mol. The third kappa shape index (κ3) is 3.07. The molecule has 0 bridgehead atoms. The highest BCUT2D eigenvalue weighted by Crippen LogP contribution is 2.31. The summed E-state index contributed by atoms with van der Waals surface area (Å²) in [5.41, 5.74) is 0. The van der Waals surface area contributed by atoms with Crippen LogP contribution in [0.4, 0.5) is 0 Å². The van der Waals surface area contributed by atoms with Crippen LogP contribution in [0, 0.1) is 0 Å². The maximum Gasteiger partial charge on any atom is 0.168 e. The molecule has 0 N–H and O–H groups in total. The van der Waals surface area contributed by atoms with E-state index < -0.39 is 0 Å². The average Bonchev–Trinajstić information content (AvgIpc) is 2.59. The van der Waals surface area contributed by atoms with Gasteiger partial charge in [-0.25, -0.2) is 0 Å². The quantitative estimate of drug-likeness (QED) is 0.771. The molecule has 82 valence electrons. The minimum Gasteiger partial charge on any atom is -0.347 e. The molecule has 0 aliphatic carbocycles. The number of hydrogen-bond donors (Lipinski definition) is 0. The van der Waals surface area contributed by atoms with Crippen molar-refractivity contribution in [2.75, 3.05) is 6.61 Å². The number of ether oxygens (including phenoxy) is 2. The van der Waals surface area contributed by atoms with Gasteiger partial charge in [0.15, 0.2) is 5.79 Å². The predicted octanol–water partition coefficient (Wildman–Crippen LogP) is 3.61. The SMILES string of the molecule is CCC1(CC)OC[C@H](C/C=C(\C)Br)O1. The van der Waals surface area contributed by atoms with Gasteiger partial charge in [0.25, 0.3) is 0 Å². The van der Waals surface area contributed by atoms with E-state index in [0.717, 1.165) is 30.4 Å². The molecule has 0 amide bonds. The fourth-order valence-electron chi connectivity index (χ4n) is 1.65. The molecule has 1 rings (SSSR count). The first-order valence-electron chi connectivity index (χ1n) is 5.26. The standard InChI is InChI=1S/C11H19BrO2/c1-4-11(5-2)13-8-10(14-11)7-6-9(3)12/h6,10H,4-5,7-8H2,1-3H3/b9-6+/t10-/m0/s1. The second kappa shape index (κ2) is 5.29. The lowest BCUT2D eigenvalue weighted by molar-refractivity contribution is -0.171. The monoisotopic (exact) mass is 262 g/mol. The van der Waals surface area contributed by atoms with Crippen molar-refractivity contribution in [3.05, 3.63) is 10.6 Å². The van der Waals surface area contributed by atoms with Crippen LogP contribution in [-0.2, 0) is 9.47 Å². The smallest absolute Gasteiger partial charge is 0.168 e. The van der Waals surface area contributed by atoms with Crippen molar-refractivity contribution in [2.45, 2.75) is 51.9 Å². The molecule has 2 nitrogen and oxygen atoms in total. The van der Waals surface area contributed by atoms with E-state index in [0.29, 0.717) is 0 Å². The van der Waals surface area contributed by atoms with Crippen molar-refractivity contribution < 1.29 is 9.47 Å². The van der Waals surface area contributed by atoms with E-state index in [2.05, 4.69) is 35.9 Å². The fraction of sp³-hybridized carbons (Fsp3) is 0.818. The molecule has 0 aromatic rings. The lowest BCUT2D eigenvalue weighted by atomic mass is 10.1. The molecule has 0 spiro atoms. The summed E-state index contributed by atoms with van der Waals surface area (Å²) in [4.78, 5) is 0. The minimum absolute atomic E-state index is 0.224. The number of halogens is 1. The van der Waals surface area contributed by atoms with E-state index in [-0.39, 0.29) is 11.9 Å². The topological polar surface area (TPSA) is 18.5 Å². The lowest BCUT2D eigenvalue weighted by Crippen LogP contribution is -2.28. The van der Waals surface area contributed by atoms with Crippen molar-refractivity contribution in [3.8, 4) is 0 Å². The zero-order valence-corrected chi connectivity index (χ0v) is 10.8. The van der Waals surface area contributed by atoms with Gasteiger partial charge in [0, 0.05) is 0 Å². The van der Waals surface area contributed by atoms with Crippen LogP contribution in [0.3, 0.4) is 0 Å². The summed E-state index contributed by atoms with van der Waals surface area (Å²) >= 11 is 3.41. The van der Waals surface area contributed by atoms with Crippen molar-refractivity contribution in [2.24, 2.45) is 0 Å². The van der Waals surface area contributed by atoms with Gasteiger partial charge in [-0.2, -0.15) is 0 Å². The van der Waals surface area contributed by atoms with Gasteiger partial charge in [0.1, 0.15) is 0 Å². The van der Waals surface area contributed by atoms with Gasteiger partial charge < -0.3 is 9.47 Å². The third-order valence-electron chi connectivity index (χ3n) is 2.65. The van der Waals surface area contributed by atoms with Gasteiger partial charge in [0.05, 0.1) is 12.7 Å². The van der Waals surface area contributed by atoms with Crippen LogP contribution in [0.25, 0.3) is 0 Å². The second-order valence-corrected chi connectivity index (χ2v) is 4.95. The van der Waals surface area contributed by atoms with E-state index in [1.54, 1.807) is 0 Å². The highest BCUT2D eigenvalue weighted by Gasteiger charge is 2.37. The Kier molecular flexibility index (Phi) is 4.61. The second-order valence-electron chi connectivity index (χ2n) is 3.70. The van der Waals surface area contributed by atoms with Crippen LogP contribution >= 0.6 is 15.9 Å². The Morgan fingerprint density at radius 2 is 2.14 bits per heavy atom. The van der Waals surface area contributed by atoms with Crippen LogP contribution < -0.4 is 0 Å². The maximum absolute atomic E-state index is 5.91. The Labute approximate surface area is 94.8 Å². The summed E-state index contributed by atoms with van der Waals surface area (Å²) in [7, 11) is 0. The zero-order valence-electron chi connectivity index (χ0n) is 9.18. The Morgan fingerprint density at radius 1 is 1.50 bits per heavy atom. The van der Waals surface area contributed by atoms with E-state index in [1.807, 2.05) is 6.92 Å². The lowest BCUT2D eigenvalue weighted by Gasteiger charge is -2.24. The fourth-order valence-corrected chi connectivity index (χ4v) is 1.83. The number of rotatable bonds is 4. The maximum atomic E-state index is 5.91. The van der Waals surface area contributed by atoms with Crippen LogP contribution in [0.15, 0.2) is 10.6 Å². The van der Waals surface area contributed by atoms with Gasteiger partial charge in [-0.3, -0.25) is 0 Å². The largest absolute Gasteiger partial charge is 0.347 e. The Balaban J connectivity index is 2.44. The zero-order chi connectivity index (χ0) is 10.6. The van der Waals surface area contributed by atoms with Crippen molar-refractivity contribution in [1.29, 1.82) is 0 Å². The first-order valence-corrected chi connectivity index (χ1v) is 6.05. The molecular formula is C11H19BrO2. The van der Waals surface area contributed by atoms with E-state index in [9.17, 15) is 0 Å². The Morgan fingerprint density at radius 3 is 2.57 bits per heavy atom. The van der Waals surface area contributed by atoms with Gasteiger partial charge in [-0.05, 0) is 30.7 Å². The van der Waals surface area contributed by atoms with Gasteiger partial charge in [0.2, 0.25) is 0 Å². The van der Waals surface area contributed by atoms with Crippen molar-refractivity contribution in [1.82, 2.24) is 0 Å². The molecule has 0 radical (unpaired) electrons. The first-order chi connectivity index (χ1) is 6.62. The molecule has 1 aliphatic heterocycles. The van der Waals surface area contributed by atoms with Crippen molar-refractivity contribution in [3.63, 3.8) is 0 Å². The molecule has 0 aromatic heterocycles. The molecule has 0 aromatic carbocycles. The van der Waals surface area contributed by atoms with E-state index >= 15 is 0 Å².